The zero-order valence-electron chi connectivity index (χ0n) is 11.8. The van der Waals surface area contributed by atoms with Crippen molar-refractivity contribution >= 4 is 0 Å². The highest BCUT2D eigenvalue weighted by atomic mass is 19.2. The highest BCUT2D eigenvalue weighted by Gasteiger charge is 2.10. The van der Waals surface area contributed by atoms with Crippen LogP contribution in [0.3, 0.4) is 0 Å². The van der Waals surface area contributed by atoms with Crippen LogP contribution in [0, 0.1) is 24.4 Å². The summed E-state index contributed by atoms with van der Waals surface area (Å²) in [5.41, 5.74) is 1.34. The Kier molecular flexibility index (Phi) is 6.72. The van der Waals surface area contributed by atoms with Crippen LogP contribution in [0.15, 0.2) is 36.4 Å². The van der Waals surface area contributed by atoms with Gasteiger partial charge in [0.05, 0.1) is 0 Å². The first-order valence-corrected chi connectivity index (χ1v) is 6.37. The van der Waals surface area contributed by atoms with Gasteiger partial charge in [-0.2, -0.15) is 0 Å². The van der Waals surface area contributed by atoms with E-state index >= 15 is 0 Å². The molecular weight excluding hydrogens is 284 g/mol. The molecule has 0 fully saturated rings. The molecule has 2 aromatic rings. The fourth-order valence-corrected chi connectivity index (χ4v) is 1.54. The highest BCUT2D eigenvalue weighted by Crippen LogP contribution is 2.15. The van der Waals surface area contributed by atoms with Crippen LogP contribution >= 0.6 is 0 Å². The van der Waals surface area contributed by atoms with Crippen molar-refractivity contribution in [3.8, 4) is 5.75 Å². The monoisotopic (exact) mass is 300 g/mol. The summed E-state index contributed by atoms with van der Waals surface area (Å²) < 4.78 is 53.5. The smallest absolute Gasteiger partial charge is 0.228 e. The van der Waals surface area contributed by atoms with Gasteiger partial charge in [-0.15, -0.1) is 0 Å². The first kappa shape index (κ1) is 17.0. The zero-order chi connectivity index (χ0) is 15.8. The van der Waals surface area contributed by atoms with Gasteiger partial charge < -0.3 is 4.74 Å². The van der Waals surface area contributed by atoms with E-state index in [0.717, 1.165) is 11.6 Å². The molecule has 0 aliphatic carbocycles. The van der Waals surface area contributed by atoms with E-state index in [4.69, 9.17) is 0 Å². The second-order valence-corrected chi connectivity index (χ2v) is 4.25. The van der Waals surface area contributed by atoms with Crippen molar-refractivity contribution in [1.29, 1.82) is 0 Å². The predicted octanol–water partition coefficient (Wildman–Crippen LogP) is 4.97. The number of hydrogen-bond donors (Lipinski definition) is 0. The van der Waals surface area contributed by atoms with E-state index in [1.807, 2.05) is 19.1 Å². The molecule has 114 valence electrons. The molecule has 0 saturated carbocycles. The van der Waals surface area contributed by atoms with E-state index in [1.54, 1.807) is 19.1 Å². The quantitative estimate of drug-likeness (QED) is 0.574. The van der Waals surface area contributed by atoms with E-state index < -0.39 is 24.3 Å². The van der Waals surface area contributed by atoms with Gasteiger partial charge in [0, 0.05) is 0 Å². The molecule has 0 heterocycles. The largest absolute Gasteiger partial charge is 0.463 e. The number of aryl methyl sites for hydroxylation is 2. The summed E-state index contributed by atoms with van der Waals surface area (Å²) in [6.07, 6.45) is 0.364. The lowest BCUT2D eigenvalue weighted by molar-refractivity contribution is 0.192. The Morgan fingerprint density at radius 3 is 2.05 bits per heavy atom. The van der Waals surface area contributed by atoms with Crippen LogP contribution in [-0.4, -0.2) is 6.86 Å². The van der Waals surface area contributed by atoms with Gasteiger partial charge in [-0.3, -0.25) is 0 Å². The molecular formula is C16H16F4O. The third kappa shape index (κ3) is 5.10. The first-order valence-electron chi connectivity index (χ1n) is 6.37. The van der Waals surface area contributed by atoms with E-state index in [1.165, 1.54) is 6.07 Å². The molecule has 0 spiro atoms. The predicted molar refractivity (Wildman–Crippen MR) is 73.5 cm³/mol. The van der Waals surface area contributed by atoms with Gasteiger partial charge in [0.25, 0.3) is 0 Å². The van der Waals surface area contributed by atoms with Gasteiger partial charge in [0.1, 0.15) is 5.75 Å². The maximum absolute atomic E-state index is 12.6. The Morgan fingerprint density at radius 2 is 1.52 bits per heavy atom. The van der Waals surface area contributed by atoms with Crippen molar-refractivity contribution in [3.63, 3.8) is 0 Å². The van der Waals surface area contributed by atoms with Crippen LogP contribution < -0.4 is 4.74 Å². The average Bonchev–Trinajstić information content (AvgIpc) is 2.48. The Morgan fingerprint density at radius 1 is 0.905 bits per heavy atom. The molecule has 0 unspecified atom stereocenters. The van der Waals surface area contributed by atoms with Gasteiger partial charge in [-0.1, -0.05) is 30.7 Å². The molecule has 2 aromatic carbocycles. The second-order valence-electron chi connectivity index (χ2n) is 4.25. The summed E-state index contributed by atoms with van der Waals surface area (Å²) in [6, 6.07) is 9.42. The topological polar surface area (TPSA) is 9.23 Å². The maximum atomic E-state index is 12.6. The molecule has 5 heteroatoms. The Balaban J connectivity index is 0.000000211. The van der Waals surface area contributed by atoms with Crippen molar-refractivity contribution in [2.24, 2.45) is 0 Å². The molecule has 0 amide bonds. The lowest BCUT2D eigenvalue weighted by Crippen LogP contribution is -1.95. The van der Waals surface area contributed by atoms with Gasteiger partial charge in [-0.25, -0.2) is 17.6 Å². The van der Waals surface area contributed by atoms with E-state index in [2.05, 4.69) is 4.74 Å². The molecule has 0 aliphatic heterocycles. The lowest BCUT2D eigenvalue weighted by atomic mass is 10.1. The summed E-state index contributed by atoms with van der Waals surface area (Å²) in [5, 5.41) is 0. The lowest BCUT2D eigenvalue weighted by Gasteiger charge is -1.99. The minimum Gasteiger partial charge on any atom is -0.463 e. The summed E-state index contributed by atoms with van der Waals surface area (Å²) in [6.45, 7) is 2.89. The summed E-state index contributed by atoms with van der Waals surface area (Å²) in [5.74, 6) is -3.02. The van der Waals surface area contributed by atoms with Crippen LogP contribution in [0.5, 0.6) is 5.75 Å². The molecule has 0 atom stereocenters. The normalized spacial score (nSPS) is 9.81. The average molecular weight is 300 g/mol. The van der Waals surface area contributed by atoms with Crippen molar-refractivity contribution in [3.05, 3.63) is 65.0 Å². The molecule has 0 aromatic heterocycles. The van der Waals surface area contributed by atoms with Gasteiger partial charge >= 0.3 is 0 Å². The standard InChI is InChI=1S/C8H7F3.C8H9FO/c1-2-5-3-4-6(9)8(11)7(5)10;1-7-2-4-8(5-3-7)10-6-9/h3-4H,2H2,1H3;2-5H,6H2,1H3. The summed E-state index contributed by atoms with van der Waals surface area (Å²) >= 11 is 0. The van der Waals surface area contributed by atoms with Crippen LogP contribution in [0.4, 0.5) is 17.6 Å². The Bertz CT molecular complexity index is 567. The number of halogens is 4. The maximum Gasteiger partial charge on any atom is 0.228 e. The molecule has 0 bridgehead atoms. The van der Waals surface area contributed by atoms with Crippen molar-refractivity contribution in [2.45, 2.75) is 20.3 Å². The molecule has 0 N–H and O–H groups in total. The van der Waals surface area contributed by atoms with Crippen molar-refractivity contribution < 1.29 is 22.3 Å². The summed E-state index contributed by atoms with van der Waals surface area (Å²) in [7, 11) is 0. The van der Waals surface area contributed by atoms with Crippen LogP contribution in [0.2, 0.25) is 0 Å². The number of benzene rings is 2. The van der Waals surface area contributed by atoms with E-state index in [-0.39, 0.29) is 5.56 Å². The highest BCUT2D eigenvalue weighted by molar-refractivity contribution is 5.26. The summed E-state index contributed by atoms with van der Waals surface area (Å²) in [4.78, 5) is 0. The van der Waals surface area contributed by atoms with E-state index in [0.29, 0.717) is 12.2 Å². The van der Waals surface area contributed by atoms with Gasteiger partial charge in [-0.05, 0) is 37.1 Å². The minimum absolute atomic E-state index is 0.198. The fourth-order valence-electron chi connectivity index (χ4n) is 1.54. The molecule has 2 rings (SSSR count). The Labute approximate surface area is 121 Å². The zero-order valence-corrected chi connectivity index (χ0v) is 11.8. The minimum atomic E-state index is -1.38. The van der Waals surface area contributed by atoms with Gasteiger partial charge in [0.2, 0.25) is 6.86 Å². The molecule has 21 heavy (non-hydrogen) atoms. The van der Waals surface area contributed by atoms with Gasteiger partial charge in [0.15, 0.2) is 17.5 Å². The third-order valence-electron chi connectivity index (χ3n) is 2.74. The van der Waals surface area contributed by atoms with Crippen LogP contribution in [0.1, 0.15) is 18.1 Å². The van der Waals surface area contributed by atoms with Crippen LogP contribution in [0.25, 0.3) is 0 Å². The second kappa shape index (κ2) is 8.29. The fraction of sp³-hybridized carbons (Fsp3) is 0.250. The Hall–Kier alpha value is -2.04. The third-order valence-corrected chi connectivity index (χ3v) is 2.74. The van der Waals surface area contributed by atoms with E-state index in [9.17, 15) is 17.6 Å². The molecule has 0 saturated heterocycles. The number of ether oxygens (including phenoxy) is 1. The number of alkyl halides is 1. The molecule has 0 aliphatic rings. The van der Waals surface area contributed by atoms with Crippen LogP contribution in [-0.2, 0) is 6.42 Å². The van der Waals surface area contributed by atoms with Crippen molar-refractivity contribution in [1.82, 2.24) is 0 Å². The molecule has 1 nitrogen and oxygen atoms in total. The number of rotatable bonds is 3. The SMILES string of the molecule is CCc1ccc(F)c(F)c1F.Cc1ccc(OCF)cc1. The first-order chi connectivity index (χ1) is 9.99. The van der Waals surface area contributed by atoms with Crippen molar-refractivity contribution in [2.75, 3.05) is 6.86 Å². The molecule has 0 radical (unpaired) electrons. The number of hydrogen-bond acceptors (Lipinski definition) is 1.